The molecule has 5 heteroatoms. The average Bonchev–Trinajstić information content (AvgIpc) is 2.85. The Balaban J connectivity index is 1.98. The van der Waals surface area contributed by atoms with E-state index in [1.165, 1.54) is 0 Å². The molecule has 1 atom stereocenters. The highest BCUT2D eigenvalue weighted by molar-refractivity contribution is 6.31. The molecule has 0 spiro atoms. The summed E-state index contributed by atoms with van der Waals surface area (Å²) in [5.74, 6) is -0.228. The molecule has 0 bridgehead atoms. The molecule has 35 heavy (non-hydrogen) atoms. The Morgan fingerprint density at radius 3 is 2.37 bits per heavy atom. The van der Waals surface area contributed by atoms with Crippen LogP contribution < -0.4 is 5.32 Å². The SMILES string of the molecule is CCCCNC(=O)C(Cc1ccccc1)N(Cc1ccccc1Cl)C(=O)Cc1cc(C)ccc1C. The molecule has 3 rings (SSSR count). The van der Waals surface area contributed by atoms with Crippen molar-refractivity contribution in [2.45, 2.75) is 59.0 Å². The molecule has 4 nitrogen and oxygen atoms in total. The van der Waals surface area contributed by atoms with E-state index < -0.39 is 6.04 Å². The second-order valence-corrected chi connectivity index (χ2v) is 9.48. The Kier molecular flexibility index (Phi) is 9.92. The first-order valence-corrected chi connectivity index (χ1v) is 12.7. The predicted octanol–water partition coefficient (Wildman–Crippen LogP) is 6.06. The van der Waals surface area contributed by atoms with Crippen molar-refractivity contribution in [2.24, 2.45) is 0 Å². The standard InChI is InChI=1S/C30H35ClN2O2/c1-4-5-17-32-30(35)28(19-24-11-7-6-8-12-24)33(21-25-13-9-10-14-27(25)31)29(34)20-26-18-22(2)15-16-23(26)3/h6-16,18,28H,4-5,17,19-21H2,1-3H3,(H,32,35). The summed E-state index contributed by atoms with van der Waals surface area (Å²) in [5, 5.41) is 3.64. The molecule has 3 aromatic carbocycles. The summed E-state index contributed by atoms with van der Waals surface area (Å²) in [5.41, 5.74) is 4.97. The number of carbonyl (C=O) groups excluding carboxylic acids is 2. The summed E-state index contributed by atoms with van der Waals surface area (Å²) in [6.07, 6.45) is 2.54. The highest BCUT2D eigenvalue weighted by atomic mass is 35.5. The number of halogens is 1. The van der Waals surface area contributed by atoms with Crippen LogP contribution in [0.15, 0.2) is 72.8 Å². The van der Waals surface area contributed by atoms with Crippen LogP contribution >= 0.6 is 11.6 Å². The number of rotatable bonds is 11. The minimum Gasteiger partial charge on any atom is -0.354 e. The fourth-order valence-electron chi connectivity index (χ4n) is 4.13. The molecule has 0 aromatic heterocycles. The molecule has 0 aliphatic carbocycles. The zero-order chi connectivity index (χ0) is 25.2. The summed E-state index contributed by atoms with van der Waals surface area (Å²) in [6, 6.07) is 22.8. The van der Waals surface area contributed by atoms with Crippen molar-refractivity contribution in [1.82, 2.24) is 10.2 Å². The third-order valence-corrected chi connectivity index (χ3v) is 6.61. The zero-order valence-electron chi connectivity index (χ0n) is 20.9. The van der Waals surface area contributed by atoms with Crippen LogP contribution in [0.4, 0.5) is 0 Å². The molecule has 1 unspecified atom stereocenters. The lowest BCUT2D eigenvalue weighted by Crippen LogP contribution is -2.51. The van der Waals surface area contributed by atoms with Gasteiger partial charge in [0.15, 0.2) is 0 Å². The molecular formula is C30H35ClN2O2. The van der Waals surface area contributed by atoms with Gasteiger partial charge >= 0.3 is 0 Å². The molecule has 0 saturated carbocycles. The van der Waals surface area contributed by atoms with E-state index in [-0.39, 0.29) is 24.8 Å². The molecule has 0 aliphatic rings. The van der Waals surface area contributed by atoms with Gasteiger partial charge in [0.2, 0.25) is 11.8 Å². The number of amides is 2. The first-order chi connectivity index (χ1) is 16.9. The fraction of sp³-hybridized carbons (Fsp3) is 0.333. The van der Waals surface area contributed by atoms with Crippen LogP contribution in [-0.4, -0.2) is 29.3 Å². The third kappa shape index (κ3) is 7.69. The first kappa shape index (κ1) is 26.5. The van der Waals surface area contributed by atoms with Crippen molar-refractivity contribution >= 4 is 23.4 Å². The van der Waals surface area contributed by atoms with Crippen LogP contribution in [-0.2, 0) is 29.0 Å². The zero-order valence-corrected chi connectivity index (χ0v) is 21.6. The number of nitrogens with zero attached hydrogens (tertiary/aromatic N) is 1. The Labute approximate surface area is 214 Å². The highest BCUT2D eigenvalue weighted by Crippen LogP contribution is 2.22. The molecule has 184 valence electrons. The number of hydrogen-bond acceptors (Lipinski definition) is 2. The van der Waals surface area contributed by atoms with Gasteiger partial charge in [-0.2, -0.15) is 0 Å². The Morgan fingerprint density at radius 1 is 0.943 bits per heavy atom. The van der Waals surface area contributed by atoms with Gasteiger partial charge in [-0.05, 0) is 48.6 Å². The summed E-state index contributed by atoms with van der Waals surface area (Å²) < 4.78 is 0. The lowest BCUT2D eigenvalue weighted by molar-refractivity contribution is -0.140. The summed E-state index contributed by atoms with van der Waals surface area (Å²) >= 11 is 6.49. The fourth-order valence-corrected chi connectivity index (χ4v) is 4.32. The van der Waals surface area contributed by atoms with E-state index in [0.29, 0.717) is 18.0 Å². The maximum atomic E-state index is 13.9. The van der Waals surface area contributed by atoms with Gasteiger partial charge in [0.25, 0.3) is 0 Å². The quantitative estimate of drug-likeness (QED) is 0.332. The van der Waals surface area contributed by atoms with E-state index in [1.54, 1.807) is 4.90 Å². The Morgan fingerprint density at radius 2 is 1.66 bits per heavy atom. The Hall–Kier alpha value is -3.11. The van der Waals surface area contributed by atoms with Gasteiger partial charge < -0.3 is 10.2 Å². The topological polar surface area (TPSA) is 49.4 Å². The van der Waals surface area contributed by atoms with E-state index >= 15 is 0 Å². The van der Waals surface area contributed by atoms with Gasteiger partial charge in [0.05, 0.1) is 6.42 Å². The third-order valence-electron chi connectivity index (χ3n) is 6.25. The van der Waals surface area contributed by atoms with E-state index in [9.17, 15) is 9.59 Å². The number of benzene rings is 3. The van der Waals surface area contributed by atoms with Gasteiger partial charge in [-0.25, -0.2) is 0 Å². The molecule has 1 N–H and O–H groups in total. The number of hydrogen-bond donors (Lipinski definition) is 1. The molecule has 2 amide bonds. The van der Waals surface area contributed by atoms with Crippen LogP contribution in [0.3, 0.4) is 0 Å². The number of carbonyl (C=O) groups is 2. The van der Waals surface area contributed by atoms with Crippen LogP contribution in [0, 0.1) is 13.8 Å². The second kappa shape index (κ2) is 13.1. The monoisotopic (exact) mass is 490 g/mol. The highest BCUT2D eigenvalue weighted by Gasteiger charge is 2.30. The van der Waals surface area contributed by atoms with Crippen LogP contribution in [0.5, 0.6) is 0 Å². The first-order valence-electron chi connectivity index (χ1n) is 12.3. The Bertz CT molecular complexity index is 1130. The van der Waals surface area contributed by atoms with Crippen molar-refractivity contribution in [3.8, 4) is 0 Å². The summed E-state index contributed by atoms with van der Waals surface area (Å²) in [7, 11) is 0. The molecule has 0 radical (unpaired) electrons. The smallest absolute Gasteiger partial charge is 0.243 e. The van der Waals surface area contributed by atoms with Gasteiger partial charge in [-0.1, -0.05) is 97.2 Å². The van der Waals surface area contributed by atoms with E-state index in [0.717, 1.165) is 40.7 Å². The number of unbranched alkanes of at least 4 members (excludes halogenated alkanes) is 1. The molecule has 0 aliphatic heterocycles. The van der Waals surface area contributed by atoms with Crippen LogP contribution in [0.1, 0.15) is 47.6 Å². The van der Waals surface area contributed by atoms with Crippen molar-refractivity contribution in [1.29, 1.82) is 0 Å². The van der Waals surface area contributed by atoms with Gasteiger partial charge in [-0.15, -0.1) is 0 Å². The maximum Gasteiger partial charge on any atom is 0.243 e. The number of nitrogens with one attached hydrogen (secondary N) is 1. The summed E-state index contributed by atoms with van der Waals surface area (Å²) in [6.45, 7) is 6.98. The molecule has 0 fully saturated rings. The lowest BCUT2D eigenvalue weighted by Gasteiger charge is -2.32. The van der Waals surface area contributed by atoms with E-state index in [2.05, 4.69) is 18.3 Å². The largest absolute Gasteiger partial charge is 0.354 e. The minimum absolute atomic E-state index is 0.0924. The van der Waals surface area contributed by atoms with Crippen molar-refractivity contribution < 1.29 is 9.59 Å². The minimum atomic E-state index is -0.650. The van der Waals surface area contributed by atoms with E-state index in [4.69, 9.17) is 11.6 Å². The predicted molar refractivity (Wildman–Crippen MR) is 143 cm³/mol. The van der Waals surface area contributed by atoms with Crippen molar-refractivity contribution in [3.05, 3.63) is 106 Å². The van der Waals surface area contributed by atoms with Crippen LogP contribution in [0.2, 0.25) is 5.02 Å². The molecular weight excluding hydrogens is 456 g/mol. The van der Waals surface area contributed by atoms with E-state index in [1.807, 2.05) is 80.6 Å². The average molecular weight is 491 g/mol. The second-order valence-electron chi connectivity index (χ2n) is 9.07. The van der Waals surface area contributed by atoms with Crippen molar-refractivity contribution in [2.75, 3.05) is 6.54 Å². The van der Waals surface area contributed by atoms with Gasteiger partial charge in [-0.3, -0.25) is 9.59 Å². The number of aryl methyl sites for hydroxylation is 2. The summed E-state index contributed by atoms with van der Waals surface area (Å²) in [4.78, 5) is 29.0. The lowest BCUT2D eigenvalue weighted by atomic mass is 9.99. The molecule has 0 heterocycles. The van der Waals surface area contributed by atoms with Gasteiger partial charge in [0.1, 0.15) is 6.04 Å². The normalized spacial score (nSPS) is 11.7. The van der Waals surface area contributed by atoms with Crippen molar-refractivity contribution in [3.63, 3.8) is 0 Å². The van der Waals surface area contributed by atoms with Gasteiger partial charge in [0, 0.05) is 24.5 Å². The molecule has 3 aromatic rings. The maximum absolute atomic E-state index is 13.9. The molecule has 0 saturated heterocycles. The van der Waals surface area contributed by atoms with Crippen LogP contribution in [0.25, 0.3) is 0 Å².